The van der Waals surface area contributed by atoms with E-state index in [-0.39, 0.29) is 6.04 Å². The molecule has 3 heteroatoms. The summed E-state index contributed by atoms with van der Waals surface area (Å²) in [5.41, 5.74) is 9.05. The fraction of sp³-hybridized carbons (Fsp3) is 0.400. The minimum absolute atomic E-state index is 0.0203. The van der Waals surface area contributed by atoms with Gasteiger partial charge in [0.05, 0.1) is 6.04 Å². The third-order valence-electron chi connectivity index (χ3n) is 2.48. The van der Waals surface area contributed by atoms with Crippen LogP contribution in [0.15, 0.2) is 6.07 Å². The van der Waals surface area contributed by atoms with Gasteiger partial charge in [0.25, 0.3) is 0 Å². The van der Waals surface area contributed by atoms with E-state index in [0.29, 0.717) is 6.61 Å². The number of hydrogen-bond donors (Lipinski definition) is 1. The molecule has 2 rings (SSSR count). The summed E-state index contributed by atoms with van der Waals surface area (Å²) in [6.45, 7) is 4.53. The highest BCUT2D eigenvalue weighted by Gasteiger charge is 2.24. The van der Waals surface area contributed by atoms with Crippen LogP contribution in [0, 0.1) is 13.8 Å². The average Bonchev–Trinajstić information content (AvgIpc) is 2.43. The lowest BCUT2D eigenvalue weighted by Gasteiger charge is -2.09. The second-order valence-electron chi connectivity index (χ2n) is 3.46. The number of nitrogens with two attached hydrogens (primary N) is 1. The van der Waals surface area contributed by atoms with Gasteiger partial charge in [-0.3, -0.25) is 0 Å². The van der Waals surface area contributed by atoms with E-state index in [1.165, 1.54) is 0 Å². The predicted octanol–water partition coefficient (Wildman–Crippen LogP) is 2.35. The smallest absolute Gasteiger partial charge is 0.124 e. The largest absolute Gasteiger partial charge is 0.491 e. The zero-order chi connectivity index (χ0) is 9.59. The maximum atomic E-state index is 6.12. The van der Waals surface area contributed by atoms with Crippen LogP contribution in [0.25, 0.3) is 0 Å². The molecule has 0 radical (unpaired) electrons. The van der Waals surface area contributed by atoms with Crippen molar-refractivity contribution in [2.45, 2.75) is 19.9 Å². The Morgan fingerprint density at radius 3 is 2.92 bits per heavy atom. The molecule has 1 heterocycles. The molecule has 2 N–H and O–H groups in total. The summed E-state index contributed by atoms with van der Waals surface area (Å²) in [5.74, 6) is 0.895. The van der Waals surface area contributed by atoms with E-state index in [9.17, 15) is 0 Å². The summed E-state index contributed by atoms with van der Waals surface area (Å²) in [7, 11) is 0. The fourth-order valence-electron chi connectivity index (χ4n) is 1.78. The molecule has 0 amide bonds. The first-order valence-electron chi connectivity index (χ1n) is 4.29. The van der Waals surface area contributed by atoms with E-state index in [1.807, 2.05) is 19.9 Å². The summed E-state index contributed by atoms with van der Waals surface area (Å²) >= 11 is 6.12. The van der Waals surface area contributed by atoms with Crippen LogP contribution in [0.2, 0.25) is 5.02 Å². The number of aryl methyl sites for hydroxylation is 1. The molecule has 1 aliphatic heterocycles. The molecule has 1 unspecified atom stereocenters. The number of fused-ring (bicyclic) bond motifs is 1. The van der Waals surface area contributed by atoms with Crippen LogP contribution in [-0.4, -0.2) is 6.61 Å². The average molecular weight is 198 g/mol. The van der Waals surface area contributed by atoms with E-state index < -0.39 is 0 Å². The normalized spacial score (nSPS) is 19.8. The molecule has 2 nitrogen and oxygen atoms in total. The highest BCUT2D eigenvalue weighted by Crippen LogP contribution is 2.38. The van der Waals surface area contributed by atoms with Crippen molar-refractivity contribution < 1.29 is 4.74 Å². The minimum Gasteiger partial charge on any atom is -0.491 e. The van der Waals surface area contributed by atoms with Crippen molar-refractivity contribution in [2.24, 2.45) is 5.73 Å². The first-order valence-corrected chi connectivity index (χ1v) is 4.67. The molecule has 1 aromatic carbocycles. The van der Waals surface area contributed by atoms with Gasteiger partial charge in [-0.2, -0.15) is 0 Å². The van der Waals surface area contributed by atoms with Gasteiger partial charge in [0.15, 0.2) is 0 Å². The first-order chi connectivity index (χ1) is 6.11. The zero-order valence-corrected chi connectivity index (χ0v) is 8.48. The van der Waals surface area contributed by atoms with Crippen molar-refractivity contribution >= 4 is 11.6 Å². The van der Waals surface area contributed by atoms with Gasteiger partial charge in [-0.05, 0) is 31.0 Å². The van der Waals surface area contributed by atoms with E-state index in [0.717, 1.165) is 27.5 Å². The maximum absolute atomic E-state index is 6.12. The predicted molar refractivity (Wildman–Crippen MR) is 53.3 cm³/mol. The van der Waals surface area contributed by atoms with Crippen LogP contribution in [0.3, 0.4) is 0 Å². The molecule has 0 bridgehead atoms. The van der Waals surface area contributed by atoms with Crippen LogP contribution in [0.4, 0.5) is 0 Å². The molecule has 1 atom stereocenters. The van der Waals surface area contributed by atoms with Crippen molar-refractivity contribution in [3.8, 4) is 5.75 Å². The second kappa shape index (κ2) is 2.89. The summed E-state index contributed by atoms with van der Waals surface area (Å²) in [5, 5.41) is 0.805. The SMILES string of the molecule is Cc1cc2c(c(C)c1Cl)C(N)CO2. The van der Waals surface area contributed by atoms with Crippen LogP contribution >= 0.6 is 11.6 Å². The van der Waals surface area contributed by atoms with Crippen LogP contribution < -0.4 is 10.5 Å². The van der Waals surface area contributed by atoms with Gasteiger partial charge < -0.3 is 10.5 Å². The van der Waals surface area contributed by atoms with Crippen molar-refractivity contribution in [1.29, 1.82) is 0 Å². The summed E-state index contributed by atoms with van der Waals surface area (Å²) < 4.78 is 5.44. The fourth-order valence-corrected chi connectivity index (χ4v) is 1.94. The van der Waals surface area contributed by atoms with Crippen molar-refractivity contribution in [1.82, 2.24) is 0 Å². The van der Waals surface area contributed by atoms with Crippen molar-refractivity contribution in [3.63, 3.8) is 0 Å². The van der Waals surface area contributed by atoms with Gasteiger partial charge in [-0.1, -0.05) is 11.6 Å². The Bertz CT molecular complexity index is 362. The quantitative estimate of drug-likeness (QED) is 0.693. The van der Waals surface area contributed by atoms with Gasteiger partial charge in [-0.25, -0.2) is 0 Å². The van der Waals surface area contributed by atoms with E-state index in [1.54, 1.807) is 0 Å². The number of rotatable bonds is 0. The maximum Gasteiger partial charge on any atom is 0.124 e. The van der Waals surface area contributed by atoms with Crippen molar-refractivity contribution in [3.05, 3.63) is 27.8 Å². The van der Waals surface area contributed by atoms with E-state index in [4.69, 9.17) is 22.1 Å². The Balaban J connectivity index is 2.68. The zero-order valence-electron chi connectivity index (χ0n) is 7.73. The summed E-state index contributed by atoms with van der Waals surface area (Å²) in [6.07, 6.45) is 0. The standard InChI is InChI=1S/C10H12ClNO/c1-5-3-8-9(6(2)10(5)11)7(12)4-13-8/h3,7H,4,12H2,1-2H3. The number of ether oxygens (including phenoxy) is 1. The van der Waals surface area contributed by atoms with Gasteiger partial charge >= 0.3 is 0 Å². The van der Waals surface area contributed by atoms with Gasteiger partial charge in [0.2, 0.25) is 0 Å². The molecule has 0 saturated heterocycles. The lowest BCUT2D eigenvalue weighted by atomic mass is 10.0. The number of hydrogen-bond acceptors (Lipinski definition) is 2. The molecule has 1 aliphatic rings. The number of benzene rings is 1. The minimum atomic E-state index is -0.0203. The van der Waals surface area contributed by atoms with E-state index >= 15 is 0 Å². The highest BCUT2D eigenvalue weighted by molar-refractivity contribution is 6.32. The Morgan fingerprint density at radius 2 is 2.23 bits per heavy atom. The molecule has 0 saturated carbocycles. The number of halogens is 1. The molecular weight excluding hydrogens is 186 g/mol. The third-order valence-corrected chi connectivity index (χ3v) is 3.06. The summed E-state index contributed by atoms with van der Waals surface area (Å²) in [4.78, 5) is 0. The molecule has 13 heavy (non-hydrogen) atoms. The Morgan fingerprint density at radius 1 is 1.54 bits per heavy atom. The van der Waals surface area contributed by atoms with E-state index in [2.05, 4.69) is 0 Å². The lowest BCUT2D eigenvalue weighted by Crippen LogP contribution is -2.12. The van der Waals surface area contributed by atoms with Crippen LogP contribution in [-0.2, 0) is 0 Å². The van der Waals surface area contributed by atoms with Gasteiger partial charge in [0, 0.05) is 10.6 Å². The lowest BCUT2D eigenvalue weighted by molar-refractivity contribution is 0.333. The molecule has 1 aromatic rings. The Hall–Kier alpha value is -0.730. The van der Waals surface area contributed by atoms with Crippen LogP contribution in [0.1, 0.15) is 22.7 Å². The molecule has 70 valence electrons. The molecular formula is C10H12ClNO. The third kappa shape index (κ3) is 1.21. The molecule has 0 spiro atoms. The van der Waals surface area contributed by atoms with Crippen molar-refractivity contribution in [2.75, 3.05) is 6.61 Å². The first kappa shape index (κ1) is 8.85. The molecule has 0 aliphatic carbocycles. The Kier molecular flexibility index (Phi) is 1.97. The van der Waals surface area contributed by atoms with Gasteiger partial charge in [-0.15, -0.1) is 0 Å². The highest BCUT2D eigenvalue weighted by atomic mass is 35.5. The van der Waals surface area contributed by atoms with Crippen LogP contribution in [0.5, 0.6) is 5.75 Å². The summed E-state index contributed by atoms with van der Waals surface area (Å²) in [6, 6.07) is 1.94. The molecule has 0 fully saturated rings. The Labute approximate surface area is 82.6 Å². The van der Waals surface area contributed by atoms with Gasteiger partial charge in [0.1, 0.15) is 12.4 Å². The molecule has 0 aromatic heterocycles. The topological polar surface area (TPSA) is 35.2 Å². The monoisotopic (exact) mass is 197 g/mol. The second-order valence-corrected chi connectivity index (χ2v) is 3.84.